The van der Waals surface area contributed by atoms with Crippen molar-refractivity contribution < 1.29 is 13.2 Å². The lowest BCUT2D eigenvalue weighted by atomic mass is 10.1. The minimum atomic E-state index is -3.65. The summed E-state index contributed by atoms with van der Waals surface area (Å²) in [5.74, 6) is -0.360. The van der Waals surface area contributed by atoms with Crippen molar-refractivity contribution in [3.8, 4) is 0 Å². The second-order valence-electron chi connectivity index (χ2n) is 8.01. The number of carbonyl (C=O) groups is 1. The fourth-order valence-corrected chi connectivity index (χ4v) is 4.57. The first-order valence-electron chi connectivity index (χ1n) is 10.4. The molecule has 0 aliphatic carbocycles. The highest BCUT2D eigenvalue weighted by atomic mass is 32.2. The molecule has 0 bridgehead atoms. The minimum Gasteiger partial charge on any atom is -0.379 e. The van der Waals surface area contributed by atoms with Gasteiger partial charge in [0.05, 0.1) is 4.90 Å². The quantitative estimate of drug-likeness (QED) is 0.531. The van der Waals surface area contributed by atoms with Crippen molar-refractivity contribution in [2.45, 2.75) is 31.7 Å². The number of carbonyl (C=O) groups excluding carboxylic acids is 1. The number of benzene rings is 3. The van der Waals surface area contributed by atoms with E-state index in [1.165, 1.54) is 25.7 Å². The summed E-state index contributed by atoms with van der Waals surface area (Å²) in [7, 11) is -0.699. The molecule has 0 saturated heterocycles. The van der Waals surface area contributed by atoms with E-state index in [9.17, 15) is 13.2 Å². The molecule has 3 rings (SSSR count). The number of nitrogens with one attached hydrogen (secondary N) is 2. The summed E-state index contributed by atoms with van der Waals surface area (Å²) >= 11 is 0. The van der Waals surface area contributed by atoms with Gasteiger partial charge in [0.1, 0.15) is 0 Å². The molecule has 2 N–H and O–H groups in total. The molecule has 6 nitrogen and oxygen atoms in total. The van der Waals surface area contributed by atoms with Crippen LogP contribution < -0.4 is 10.6 Å². The van der Waals surface area contributed by atoms with Gasteiger partial charge in [-0.25, -0.2) is 12.7 Å². The molecular formula is C25H29N3O3S. The molecular weight excluding hydrogens is 422 g/mol. The molecule has 1 unspecified atom stereocenters. The molecule has 0 aliphatic rings. The summed E-state index contributed by atoms with van der Waals surface area (Å²) in [5, 5.41) is 6.28. The van der Waals surface area contributed by atoms with Crippen molar-refractivity contribution in [1.29, 1.82) is 0 Å². The van der Waals surface area contributed by atoms with Crippen LogP contribution in [0.15, 0.2) is 71.6 Å². The monoisotopic (exact) mass is 451 g/mol. The molecule has 0 spiro atoms. The summed E-state index contributed by atoms with van der Waals surface area (Å²) in [4.78, 5) is 13.0. The van der Waals surface area contributed by atoms with E-state index < -0.39 is 10.0 Å². The predicted octanol–water partition coefficient (Wildman–Crippen LogP) is 4.98. The minimum absolute atomic E-state index is 0.141. The van der Waals surface area contributed by atoms with Gasteiger partial charge in [0.25, 0.3) is 5.91 Å². The smallest absolute Gasteiger partial charge is 0.255 e. The molecule has 0 fully saturated rings. The normalized spacial score (nSPS) is 12.4. The van der Waals surface area contributed by atoms with Crippen molar-refractivity contribution in [1.82, 2.24) is 4.31 Å². The Morgan fingerprint density at radius 1 is 0.906 bits per heavy atom. The number of nitrogens with zero attached hydrogens (tertiary/aromatic N) is 1. The Morgan fingerprint density at radius 3 is 2.09 bits per heavy atom. The topological polar surface area (TPSA) is 78.5 Å². The zero-order valence-electron chi connectivity index (χ0n) is 19.0. The van der Waals surface area contributed by atoms with Crippen molar-refractivity contribution >= 4 is 27.3 Å². The average Bonchev–Trinajstić information content (AvgIpc) is 2.77. The van der Waals surface area contributed by atoms with Crippen LogP contribution in [0.1, 0.15) is 40.0 Å². The molecule has 7 heteroatoms. The van der Waals surface area contributed by atoms with Gasteiger partial charge in [0, 0.05) is 37.1 Å². The van der Waals surface area contributed by atoms with Gasteiger partial charge in [0.2, 0.25) is 10.0 Å². The van der Waals surface area contributed by atoms with Gasteiger partial charge in [-0.1, -0.05) is 30.3 Å². The fraction of sp³-hybridized carbons (Fsp3) is 0.240. The van der Waals surface area contributed by atoms with Crippen LogP contribution in [-0.2, 0) is 10.0 Å². The SMILES string of the molecule is Cc1cc(C(=O)Nc2ccc(NC(C)c3ccccc3)cc2)cc(S(=O)(=O)N(C)C)c1C. The van der Waals surface area contributed by atoms with Crippen LogP contribution >= 0.6 is 0 Å². The highest BCUT2D eigenvalue weighted by molar-refractivity contribution is 7.89. The van der Waals surface area contributed by atoms with E-state index in [0.717, 1.165) is 15.6 Å². The first-order valence-corrected chi connectivity index (χ1v) is 11.8. The van der Waals surface area contributed by atoms with Gasteiger partial charge in [-0.15, -0.1) is 0 Å². The third-order valence-corrected chi connectivity index (χ3v) is 7.41. The zero-order chi connectivity index (χ0) is 23.5. The van der Waals surface area contributed by atoms with E-state index in [0.29, 0.717) is 16.8 Å². The van der Waals surface area contributed by atoms with E-state index in [-0.39, 0.29) is 16.8 Å². The highest BCUT2D eigenvalue weighted by Crippen LogP contribution is 2.25. The molecule has 3 aromatic carbocycles. The summed E-state index contributed by atoms with van der Waals surface area (Å²) < 4.78 is 26.5. The summed E-state index contributed by atoms with van der Waals surface area (Å²) in [6.07, 6.45) is 0. The first kappa shape index (κ1) is 23.5. The molecule has 0 radical (unpaired) electrons. The summed E-state index contributed by atoms with van der Waals surface area (Å²) in [6.45, 7) is 5.63. The van der Waals surface area contributed by atoms with Gasteiger partial charge in [-0.3, -0.25) is 4.79 Å². The average molecular weight is 452 g/mol. The van der Waals surface area contributed by atoms with Gasteiger partial charge in [-0.2, -0.15) is 0 Å². The lowest BCUT2D eigenvalue weighted by Gasteiger charge is -2.17. The molecule has 3 aromatic rings. The molecule has 0 heterocycles. The van der Waals surface area contributed by atoms with Gasteiger partial charge in [-0.05, 0) is 73.9 Å². The lowest BCUT2D eigenvalue weighted by Crippen LogP contribution is -2.24. The van der Waals surface area contributed by atoms with Crippen LogP contribution in [0.4, 0.5) is 11.4 Å². The predicted molar refractivity (Wildman–Crippen MR) is 130 cm³/mol. The van der Waals surface area contributed by atoms with E-state index in [2.05, 4.69) is 29.7 Å². The molecule has 0 aromatic heterocycles. The fourth-order valence-electron chi connectivity index (χ4n) is 3.35. The Balaban J connectivity index is 1.76. The molecule has 168 valence electrons. The lowest BCUT2D eigenvalue weighted by molar-refractivity contribution is 0.102. The molecule has 32 heavy (non-hydrogen) atoms. The standard InChI is InChI=1S/C25H29N3O3S/c1-17-15-21(16-24(18(17)2)32(30,31)28(4)5)25(29)27-23-13-11-22(12-14-23)26-19(3)20-9-7-6-8-10-20/h6-16,19,26H,1-5H3,(H,27,29). The summed E-state index contributed by atoms with van der Waals surface area (Å²) in [6, 6.07) is 20.9. The zero-order valence-corrected chi connectivity index (χ0v) is 19.8. The van der Waals surface area contributed by atoms with E-state index >= 15 is 0 Å². The third kappa shape index (κ3) is 5.18. The van der Waals surface area contributed by atoms with Crippen molar-refractivity contribution in [2.75, 3.05) is 24.7 Å². The Labute approximate surface area is 190 Å². The number of amides is 1. The number of anilines is 2. The second kappa shape index (κ2) is 9.54. The van der Waals surface area contributed by atoms with Crippen LogP contribution in [0, 0.1) is 13.8 Å². The number of hydrogen-bond acceptors (Lipinski definition) is 4. The summed E-state index contributed by atoms with van der Waals surface area (Å²) in [5.41, 5.74) is 4.43. The van der Waals surface area contributed by atoms with Gasteiger partial charge in [0.15, 0.2) is 0 Å². The number of aryl methyl sites for hydroxylation is 1. The molecule has 0 saturated carbocycles. The van der Waals surface area contributed by atoms with Gasteiger partial charge < -0.3 is 10.6 Å². The Morgan fingerprint density at radius 2 is 1.50 bits per heavy atom. The van der Waals surface area contributed by atoms with Crippen LogP contribution in [0.25, 0.3) is 0 Å². The third-order valence-electron chi connectivity index (χ3n) is 5.47. The van der Waals surface area contributed by atoms with E-state index in [4.69, 9.17) is 0 Å². The van der Waals surface area contributed by atoms with Crippen LogP contribution in [0.3, 0.4) is 0 Å². The maximum Gasteiger partial charge on any atom is 0.255 e. The highest BCUT2D eigenvalue weighted by Gasteiger charge is 2.23. The van der Waals surface area contributed by atoms with Crippen molar-refractivity contribution in [3.63, 3.8) is 0 Å². The van der Waals surface area contributed by atoms with Crippen molar-refractivity contribution in [2.24, 2.45) is 0 Å². The van der Waals surface area contributed by atoms with Crippen molar-refractivity contribution in [3.05, 3.63) is 89.0 Å². The Hall–Kier alpha value is -3.16. The van der Waals surface area contributed by atoms with Crippen LogP contribution in [-0.4, -0.2) is 32.7 Å². The molecule has 1 amide bonds. The first-order chi connectivity index (χ1) is 15.1. The van der Waals surface area contributed by atoms with E-state index in [1.54, 1.807) is 19.9 Å². The second-order valence-corrected chi connectivity index (χ2v) is 10.1. The Bertz CT molecular complexity index is 1210. The Kier molecular flexibility index (Phi) is 7.01. The maximum atomic E-state index is 12.8. The number of hydrogen-bond donors (Lipinski definition) is 2. The molecule has 1 atom stereocenters. The largest absolute Gasteiger partial charge is 0.379 e. The maximum absolute atomic E-state index is 12.8. The van der Waals surface area contributed by atoms with Crippen LogP contribution in [0.2, 0.25) is 0 Å². The molecule has 0 aliphatic heterocycles. The van der Waals surface area contributed by atoms with Gasteiger partial charge >= 0.3 is 0 Å². The van der Waals surface area contributed by atoms with E-state index in [1.807, 2.05) is 42.5 Å². The number of rotatable bonds is 7. The van der Waals surface area contributed by atoms with Crippen LogP contribution in [0.5, 0.6) is 0 Å². The number of sulfonamides is 1.